The number of furan rings is 1. The number of hydrogen-bond donors (Lipinski definition) is 3. The van der Waals surface area contributed by atoms with Gasteiger partial charge in [0.05, 0.1) is 12.8 Å². The smallest absolute Gasteiger partial charge is 0.315 e. The van der Waals surface area contributed by atoms with E-state index < -0.39 is 12.1 Å². The van der Waals surface area contributed by atoms with Crippen LogP contribution >= 0.6 is 0 Å². The van der Waals surface area contributed by atoms with Gasteiger partial charge < -0.3 is 20.4 Å². The van der Waals surface area contributed by atoms with Crippen LogP contribution in [0.2, 0.25) is 0 Å². The van der Waals surface area contributed by atoms with Crippen LogP contribution in [0, 0.1) is 5.82 Å². The first-order chi connectivity index (χ1) is 12.0. The molecule has 1 heterocycles. The van der Waals surface area contributed by atoms with E-state index in [0.717, 1.165) is 0 Å². The predicted octanol–water partition coefficient (Wildman–Crippen LogP) is 2.35. The van der Waals surface area contributed by atoms with Crippen molar-refractivity contribution in [2.45, 2.75) is 38.9 Å². The first-order valence-electron chi connectivity index (χ1n) is 8.06. The predicted molar refractivity (Wildman–Crippen MR) is 91.3 cm³/mol. The zero-order chi connectivity index (χ0) is 18.2. The molecule has 25 heavy (non-hydrogen) atoms. The lowest BCUT2D eigenvalue weighted by molar-refractivity contribution is -0.122. The van der Waals surface area contributed by atoms with Crippen LogP contribution in [0.25, 0.3) is 0 Å². The molecule has 0 bridgehead atoms. The number of carbonyl (C=O) groups excluding carboxylic acids is 2. The SMILES string of the molecule is C[C@H](NC(=O)N[C@@H](C)Cc1ccccc1F)C(=O)NCc1ccco1. The number of nitrogens with one attached hydrogen (secondary N) is 3. The van der Waals surface area contributed by atoms with E-state index in [1.54, 1.807) is 44.2 Å². The highest BCUT2D eigenvalue weighted by molar-refractivity contribution is 5.86. The van der Waals surface area contributed by atoms with Gasteiger partial charge in [0, 0.05) is 6.04 Å². The second-order valence-corrected chi connectivity index (χ2v) is 5.83. The van der Waals surface area contributed by atoms with Gasteiger partial charge in [-0.3, -0.25) is 4.79 Å². The van der Waals surface area contributed by atoms with Gasteiger partial charge in [-0.25, -0.2) is 9.18 Å². The lowest BCUT2D eigenvalue weighted by Gasteiger charge is -2.18. The number of halogens is 1. The van der Waals surface area contributed by atoms with Crippen molar-refractivity contribution < 1.29 is 18.4 Å². The van der Waals surface area contributed by atoms with Gasteiger partial charge in [0.1, 0.15) is 17.6 Å². The normalized spacial score (nSPS) is 12.9. The molecule has 134 valence electrons. The van der Waals surface area contributed by atoms with Gasteiger partial charge in [-0.2, -0.15) is 0 Å². The van der Waals surface area contributed by atoms with E-state index in [1.807, 2.05) is 0 Å². The zero-order valence-corrected chi connectivity index (χ0v) is 14.2. The number of benzene rings is 1. The number of urea groups is 1. The van der Waals surface area contributed by atoms with Crippen LogP contribution < -0.4 is 16.0 Å². The summed E-state index contributed by atoms with van der Waals surface area (Å²) in [5.74, 6) is -0.000881. The Kier molecular flexibility index (Phi) is 6.56. The highest BCUT2D eigenvalue weighted by atomic mass is 19.1. The van der Waals surface area contributed by atoms with Gasteiger partial charge >= 0.3 is 6.03 Å². The summed E-state index contributed by atoms with van der Waals surface area (Å²) in [6.45, 7) is 3.61. The van der Waals surface area contributed by atoms with E-state index in [0.29, 0.717) is 17.7 Å². The molecular weight excluding hydrogens is 325 g/mol. The Bertz CT molecular complexity index is 703. The van der Waals surface area contributed by atoms with Gasteiger partial charge in [0.15, 0.2) is 0 Å². The number of carbonyl (C=O) groups is 2. The second kappa shape index (κ2) is 8.86. The standard InChI is InChI=1S/C18H22FN3O3/c1-12(10-14-6-3-4-8-16(14)19)21-18(24)22-13(2)17(23)20-11-15-7-5-9-25-15/h3-9,12-13H,10-11H2,1-2H3,(H,20,23)(H2,21,22,24)/t12-,13-/m0/s1. The summed E-state index contributed by atoms with van der Waals surface area (Å²) in [6.07, 6.45) is 1.88. The lowest BCUT2D eigenvalue weighted by Crippen LogP contribution is -2.50. The Morgan fingerprint density at radius 3 is 2.56 bits per heavy atom. The van der Waals surface area contributed by atoms with Gasteiger partial charge in [-0.15, -0.1) is 0 Å². The van der Waals surface area contributed by atoms with Crippen molar-refractivity contribution in [2.24, 2.45) is 0 Å². The molecule has 2 aromatic rings. The molecule has 0 spiro atoms. The Labute approximate surface area is 145 Å². The topological polar surface area (TPSA) is 83.4 Å². The van der Waals surface area contributed by atoms with Gasteiger partial charge in [0.2, 0.25) is 5.91 Å². The molecule has 3 amide bonds. The van der Waals surface area contributed by atoms with Crippen LogP contribution in [0.1, 0.15) is 25.2 Å². The summed E-state index contributed by atoms with van der Waals surface area (Å²) < 4.78 is 18.7. The minimum Gasteiger partial charge on any atom is -0.467 e. The average Bonchev–Trinajstić information content (AvgIpc) is 3.08. The molecular formula is C18H22FN3O3. The Morgan fingerprint density at radius 2 is 1.88 bits per heavy atom. The molecule has 6 nitrogen and oxygen atoms in total. The number of amides is 3. The fourth-order valence-electron chi connectivity index (χ4n) is 2.31. The van der Waals surface area contributed by atoms with Crippen LogP contribution in [0.3, 0.4) is 0 Å². The number of rotatable bonds is 7. The third-order valence-electron chi connectivity index (χ3n) is 3.62. The van der Waals surface area contributed by atoms with E-state index in [-0.39, 0.29) is 24.3 Å². The minimum absolute atomic E-state index is 0.253. The number of hydrogen-bond acceptors (Lipinski definition) is 3. The van der Waals surface area contributed by atoms with Crippen molar-refractivity contribution in [3.05, 3.63) is 59.8 Å². The summed E-state index contributed by atoms with van der Waals surface area (Å²) in [5.41, 5.74) is 0.527. The Balaban J connectivity index is 1.74. The molecule has 0 unspecified atom stereocenters. The van der Waals surface area contributed by atoms with Crippen LogP contribution in [0.15, 0.2) is 47.1 Å². The summed E-state index contributed by atoms with van der Waals surface area (Å²) in [4.78, 5) is 23.9. The average molecular weight is 347 g/mol. The van der Waals surface area contributed by atoms with E-state index in [1.165, 1.54) is 12.3 Å². The zero-order valence-electron chi connectivity index (χ0n) is 14.2. The molecule has 3 N–H and O–H groups in total. The fourth-order valence-corrected chi connectivity index (χ4v) is 2.31. The molecule has 0 fully saturated rings. The van der Waals surface area contributed by atoms with E-state index in [4.69, 9.17) is 4.42 Å². The largest absolute Gasteiger partial charge is 0.467 e. The van der Waals surface area contributed by atoms with Crippen LogP contribution in [-0.4, -0.2) is 24.0 Å². The molecule has 0 aliphatic carbocycles. The Hall–Kier alpha value is -2.83. The van der Waals surface area contributed by atoms with Gasteiger partial charge in [-0.05, 0) is 44.0 Å². The molecule has 0 radical (unpaired) electrons. The summed E-state index contributed by atoms with van der Waals surface area (Å²) in [6, 6.07) is 8.42. The summed E-state index contributed by atoms with van der Waals surface area (Å²) in [7, 11) is 0. The highest BCUT2D eigenvalue weighted by Crippen LogP contribution is 2.08. The monoisotopic (exact) mass is 347 g/mol. The molecule has 0 saturated heterocycles. The second-order valence-electron chi connectivity index (χ2n) is 5.83. The Morgan fingerprint density at radius 1 is 1.12 bits per heavy atom. The van der Waals surface area contributed by atoms with Crippen LogP contribution in [0.4, 0.5) is 9.18 Å². The van der Waals surface area contributed by atoms with Crippen molar-refractivity contribution in [1.82, 2.24) is 16.0 Å². The summed E-state index contributed by atoms with van der Waals surface area (Å²) in [5, 5.41) is 7.92. The fraction of sp³-hybridized carbons (Fsp3) is 0.333. The quantitative estimate of drug-likeness (QED) is 0.719. The summed E-state index contributed by atoms with van der Waals surface area (Å²) >= 11 is 0. The third-order valence-corrected chi connectivity index (χ3v) is 3.62. The van der Waals surface area contributed by atoms with E-state index in [9.17, 15) is 14.0 Å². The molecule has 2 rings (SSSR count). The van der Waals surface area contributed by atoms with Crippen molar-refractivity contribution in [1.29, 1.82) is 0 Å². The van der Waals surface area contributed by atoms with Gasteiger partial charge in [0.25, 0.3) is 0 Å². The van der Waals surface area contributed by atoms with Crippen molar-refractivity contribution in [2.75, 3.05) is 0 Å². The first kappa shape index (κ1) is 18.5. The lowest BCUT2D eigenvalue weighted by atomic mass is 10.1. The maximum absolute atomic E-state index is 13.6. The molecule has 1 aromatic heterocycles. The minimum atomic E-state index is -0.712. The molecule has 0 saturated carbocycles. The van der Waals surface area contributed by atoms with E-state index >= 15 is 0 Å². The highest BCUT2D eigenvalue weighted by Gasteiger charge is 2.17. The van der Waals surface area contributed by atoms with Crippen molar-refractivity contribution >= 4 is 11.9 Å². The maximum Gasteiger partial charge on any atom is 0.315 e. The third kappa shape index (κ3) is 5.95. The molecule has 2 atom stereocenters. The first-order valence-corrected chi connectivity index (χ1v) is 8.06. The van der Waals surface area contributed by atoms with Crippen LogP contribution in [0.5, 0.6) is 0 Å². The molecule has 7 heteroatoms. The van der Waals surface area contributed by atoms with Gasteiger partial charge in [-0.1, -0.05) is 18.2 Å². The van der Waals surface area contributed by atoms with Crippen molar-refractivity contribution in [3.8, 4) is 0 Å². The van der Waals surface area contributed by atoms with E-state index in [2.05, 4.69) is 16.0 Å². The molecule has 1 aromatic carbocycles. The molecule has 0 aliphatic rings. The van der Waals surface area contributed by atoms with Crippen molar-refractivity contribution in [3.63, 3.8) is 0 Å². The van der Waals surface area contributed by atoms with Crippen LogP contribution in [-0.2, 0) is 17.8 Å². The molecule has 0 aliphatic heterocycles. The maximum atomic E-state index is 13.6.